The van der Waals surface area contributed by atoms with Gasteiger partial charge in [-0.15, -0.1) is 0 Å². The molecule has 22 heavy (non-hydrogen) atoms. The Morgan fingerprint density at radius 2 is 2.09 bits per heavy atom. The molecule has 0 aliphatic carbocycles. The molecule has 1 heterocycles. The molecule has 0 amide bonds. The van der Waals surface area contributed by atoms with E-state index in [4.69, 9.17) is 10.5 Å². The molecule has 6 nitrogen and oxygen atoms in total. The molecule has 2 unspecified atom stereocenters. The molecule has 0 aromatic carbocycles. The molecule has 1 rings (SSSR count). The second-order valence-electron chi connectivity index (χ2n) is 4.74. The number of halogens is 1. The number of nitrogens with two attached hydrogens (primary N) is 1. The first-order valence-corrected chi connectivity index (χ1v) is 7.34. The number of hydrogen-bond donors (Lipinski definition) is 2. The summed E-state index contributed by atoms with van der Waals surface area (Å²) in [4.78, 5) is 11.8. The van der Waals surface area contributed by atoms with Crippen molar-refractivity contribution in [2.24, 2.45) is 0 Å². The Balaban J connectivity index is 2.74. The molecule has 2 atom stereocenters. The molecule has 0 spiro atoms. The monoisotopic (exact) mass is 309 g/mol. The molecular weight excluding hydrogens is 285 g/mol. The number of nitrogen functional groups attached to an aromatic ring is 1. The van der Waals surface area contributed by atoms with Crippen LogP contribution in [0.25, 0.3) is 0 Å². The van der Waals surface area contributed by atoms with Crippen LogP contribution in [0.15, 0.2) is 24.0 Å². The van der Waals surface area contributed by atoms with Crippen molar-refractivity contribution < 1.29 is 9.13 Å². The van der Waals surface area contributed by atoms with Crippen molar-refractivity contribution in [3.05, 3.63) is 29.8 Å². The van der Waals surface area contributed by atoms with Gasteiger partial charge in [0.2, 0.25) is 11.9 Å². The number of nitrogens with zero attached hydrogens (tertiary/aromatic N) is 3. The van der Waals surface area contributed by atoms with Gasteiger partial charge in [-0.25, -0.2) is 4.39 Å². The van der Waals surface area contributed by atoms with Crippen LogP contribution in [-0.2, 0) is 4.74 Å². The van der Waals surface area contributed by atoms with Gasteiger partial charge in [-0.05, 0) is 39.3 Å². The summed E-state index contributed by atoms with van der Waals surface area (Å²) in [5, 5.41) is 3.10. The Kier molecular flexibility index (Phi) is 7.28. The average Bonchev–Trinajstić information content (AvgIpc) is 2.49. The minimum atomic E-state index is -1.30. The van der Waals surface area contributed by atoms with E-state index in [-0.39, 0.29) is 23.8 Å². The third-order valence-corrected chi connectivity index (χ3v) is 2.92. The van der Waals surface area contributed by atoms with Crippen molar-refractivity contribution in [1.29, 1.82) is 0 Å². The number of aromatic nitrogens is 3. The number of allylic oxidation sites excluding steroid dienone is 3. The molecule has 122 valence electrons. The lowest BCUT2D eigenvalue weighted by molar-refractivity contribution is 0.208. The van der Waals surface area contributed by atoms with Gasteiger partial charge >= 0.3 is 0 Å². The predicted molar refractivity (Wildman–Crippen MR) is 86.0 cm³/mol. The Labute approximate surface area is 130 Å². The summed E-state index contributed by atoms with van der Waals surface area (Å²) in [7, 11) is 0. The largest absolute Gasteiger partial charge is 0.492 e. The van der Waals surface area contributed by atoms with Crippen LogP contribution in [0.5, 0.6) is 0 Å². The highest BCUT2D eigenvalue weighted by molar-refractivity contribution is 5.32. The molecule has 1 aromatic heterocycles. The van der Waals surface area contributed by atoms with Crippen LogP contribution in [0.3, 0.4) is 0 Å². The summed E-state index contributed by atoms with van der Waals surface area (Å²) in [6, 6.07) is -0.0234. The standard InChI is InChI=1S/C15H24FN5O/c1-5-8-12(7-3)22-9-11(6-2)18-15-20-13(10(4)16)19-14(17)21-15/h5,7-8,10-11H,6,9H2,1-4H3,(H3,17,18,19,20,21)/b8-5-,12-7+. The van der Waals surface area contributed by atoms with Gasteiger partial charge in [0.15, 0.2) is 12.0 Å². The highest BCUT2D eigenvalue weighted by atomic mass is 19.1. The average molecular weight is 309 g/mol. The number of anilines is 2. The lowest BCUT2D eigenvalue weighted by Crippen LogP contribution is -2.26. The normalized spacial score (nSPS) is 14.9. The van der Waals surface area contributed by atoms with E-state index in [0.717, 1.165) is 12.2 Å². The second-order valence-corrected chi connectivity index (χ2v) is 4.74. The van der Waals surface area contributed by atoms with E-state index in [9.17, 15) is 4.39 Å². The van der Waals surface area contributed by atoms with Crippen molar-refractivity contribution in [2.45, 2.75) is 46.3 Å². The minimum absolute atomic E-state index is 0.00386. The molecule has 0 aliphatic rings. The molecular formula is C15H24FN5O. The van der Waals surface area contributed by atoms with E-state index in [0.29, 0.717) is 6.61 Å². The molecule has 0 radical (unpaired) electrons. The van der Waals surface area contributed by atoms with Crippen LogP contribution in [0, 0.1) is 0 Å². The summed E-state index contributed by atoms with van der Waals surface area (Å²) in [5.41, 5.74) is 5.58. The molecule has 0 fully saturated rings. The maximum atomic E-state index is 13.3. The van der Waals surface area contributed by atoms with Crippen LogP contribution in [0.4, 0.5) is 16.3 Å². The minimum Gasteiger partial charge on any atom is -0.492 e. The van der Waals surface area contributed by atoms with Gasteiger partial charge in [-0.3, -0.25) is 0 Å². The maximum Gasteiger partial charge on any atom is 0.228 e. The maximum absolute atomic E-state index is 13.3. The van der Waals surface area contributed by atoms with Crippen molar-refractivity contribution >= 4 is 11.9 Å². The fourth-order valence-corrected chi connectivity index (χ4v) is 1.68. The number of hydrogen-bond acceptors (Lipinski definition) is 6. The first-order chi connectivity index (χ1) is 10.5. The van der Waals surface area contributed by atoms with E-state index in [2.05, 4.69) is 20.3 Å². The highest BCUT2D eigenvalue weighted by Gasteiger charge is 2.14. The van der Waals surface area contributed by atoms with Gasteiger partial charge < -0.3 is 15.8 Å². The van der Waals surface area contributed by atoms with Crippen molar-refractivity contribution in [1.82, 2.24) is 15.0 Å². The van der Waals surface area contributed by atoms with Crippen molar-refractivity contribution in [3.63, 3.8) is 0 Å². The Morgan fingerprint density at radius 1 is 1.36 bits per heavy atom. The van der Waals surface area contributed by atoms with Crippen molar-refractivity contribution in [3.8, 4) is 0 Å². The smallest absolute Gasteiger partial charge is 0.228 e. The quantitative estimate of drug-likeness (QED) is 0.566. The van der Waals surface area contributed by atoms with Crippen molar-refractivity contribution in [2.75, 3.05) is 17.7 Å². The van der Waals surface area contributed by atoms with Crippen LogP contribution in [0.2, 0.25) is 0 Å². The number of ether oxygens (including phenoxy) is 1. The molecule has 0 saturated heterocycles. The second kappa shape index (κ2) is 8.96. The number of nitrogens with one attached hydrogen (secondary N) is 1. The Morgan fingerprint density at radius 3 is 2.64 bits per heavy atom. The van der Waals surface area contributed by atoms with Gasteiger partial charge in [0.1, 0.15) is 12.4 Å². The summed E-state index contributed by atoms with van der Waals surface area (Å²) < 4.78 is 19.0. The molecule has 0 bridgehead atoms. The summed E-state index contributed by atoms with van der Waals surface area (Å²) in [6.45, 7) is 7.64. The Hall–Kier alpha value is -2.18. The van der Waals surface area contributed by atoms with Crippen LogP contribution < -0.4 is 11.1 Å². The first-order valence-electron chi connectivity index (χ1n) is 7.34. The summed E-state index contributed by atoms with van der Waals surface area (Å²) in [6.07, 6.45) is 5.17. The first kappa shape index (κ1) is 17.9. The van der Waals surface area contributed by atoms with Gasteiger partial charge in [-0.1, -0.05) is 13.0 Å². The van der Waals surface area contributed by atoms with E-state index >= 15 is 0 Å². The fraction of sp³-hybridized carbons (Fsp3) is 0.533. The van der Waals surface area contributed by atoms with Gasteiger partial charge in [0, 0.05) is 0 Å². The van der Waals surface area contributed by atoms with E-state index in [1.54, 1.807) is 0 Å². The molecule has 7 heteroatoms. The SMILES string of the molecule is C/C=C\C(=C/C)OCC(CC)Nc1nc(N)nc(C(C)F)n1. The lowest BCUT2D eigenvalue weighted by atomic mass is 10.2. The van der Waals surface area contributed by atoms with E-state index in [1.807, 2.05) is 39.0 Å². The predicted octanol–water partition coefficient (Wildman–Crippen LogP) is 3.17. The topological polar surface area (TPSA) is 86.0 Å². The number of rotatable bonds is 8. The van der Waals surface area contributed by atoms with E-state index < -0.39 is 6.17 Å². The summed E-state index contributed by atoms with van der Waals surface area (Å²) >= 11 is 0. The zero-order valence-corrected chi connectivity index (χ0v) is 13.5. The van der Waals surface area contributed by atoms with E-state index in [1.165, 1.54) is 6.92 Å². The highest BCUT2D eigenvalue weighted by Crippen LogP contribution is 2.15. The van der Waals surface area contributed by atoms with Gasteiger partial charge in [0.25, 0.3) is 0 Å². The fourth-order valence-electron chi connectivity index (χ4n) is 1.68. The molecule has 3 N–H and O–H groups in total. The molecule has 1 aromatic rings. The van der Waals surface area contributed by atoms with Gasteiger partial charge in [-0.2, -0.15) is 15.0 Å². The van der Waals surface area contributed by atoms with Gasteiger partial charge in [0.05, 0.1) is 6.04 Å². The number of alkyl halides is 1. The van der Waals surface area contributed by atoms with Crippen LogP contribution >= 0.6 is 0 Å². The van der Waals surface area contributed by atoms with Crippen LogP contribution in [0.1, 0.15) is 46.1 Å². The lowest BCUT2D eigenvalue weighted by Gasteiger charge is -2.18. The zero-order valence-electron chi connectivity index (χ0n) is 13.5. The molecule has 0 aliphatic heterocycles. The molecule has 0 saturated carbocycles. The third-order valence-electron chi connectivity index (χ3n) is 2.92. The third kappa shape index (κ3) is 5.67. The summed E-state index contributed by atoms with van der Waals surface area (Å²) in [5.74, 6) is 1.07. The van der Waals surface area contributed by atoms with Crippen LogP contribution in [-0.4, -0.2) is 27.6 Å². The Bertz CT molecular complexity index is 531. The zero-order chi connectivity index (χ0) is 16.5.